The Balaban J connectivity index is 2.58. The molecule has 0 aliphatic carbocycles. The highest BCUT2D eigenvalue weighted by Crippen LogP contribution is 2.19. The van der Waals surface area contributed by atoms with Crippen molar-refractivity contribution in [2.24, 2.45) is 0 Å². The normalized spacial score (nSPS) is 12.2. The number of aromatic hydroxyl groups is 1. The number of nitrogens with one attached hydrogen (secondary N) is 1. The highest BCUT2D eigenvalue weighted by molar-refractivity contribution is 5.78. The van der Waals surface area contributed by atoms with E-state index in [0.29, 0.717) is 6.54 Å². The minimum absolute atomic E-state index is 0.127. The second-order valence-electron chi connectivity index (χ2n) is 4.50. The van der Waals surface area contributed by atoms with E-state index < -0.39 is 0 Å². The van der Waals surface area contributed by atoms with Crippen LogP contribution in [-0.4, -0.2) is 35.5 Å². The molecule has 106 valence electrons. The predicted molar refractivity (Wildman–Crippen MR) is 77.1 cm³/mol. The molecule has 1 rings (SSSR count). The summed E-state index contributed by atoms with van der Waals surface area (Å²) in [7, 11) is 0. The summed E-state index contributed by atoms with van der Waals surface area (Å²) >= 11 is 0. The van der Waals surface area contributed by atoms with Crippen LogP contribution in [0.2, 0.25) is 0 Å². The molecule has 1 atom stereocenters. The molecule has 19 heavy (non-hydrogen) atoms. The third-order valence-corrected chi connectivity index (χ3v) is 3.32. The number of hydrogen-bond acceptors (Lipinski definition) is 3. The molecule has 0 spiro atoms. The summed E-state index contributed by atoms with van der Waals surface area (Å²) in [5, 5.41) is 12.6. The number of benzene rings is 1. The van der Waals surface area contributed by atoms with Crippen LogP contribution in [0.1, 0.15) is 38.8 Å². The molecule has 0 heterocycles. The van der Waals surface area contributed by atoms with Crippen molar-refractivity contribution in [1.82, 2.24) is 10.2 Å². The average Bonchev–Trinajstić information content (AvgIpc) is 2.42. The minimum atomic E-state index is 0.127. The Bertz CT molecular complexity index is 386. The second-order valence-corrected chi connectivity index (χ2v) is 4.50. The van der Waals surface area contributed by atoms with Crippen molar-refractivity contribution in [3.05, 3.63) is 29.8 Å². The zero-order chi connectivity index (χ0) is 14.3. The number of hydrogen-bond donors (Lipinski definition) is 2. The van der Waals surface area contributed by atoms with E-state index in [1.165, 1.54) is 0 Å². The fourth-order valence-electron chi connectivity index (χ4n) is 2.10. The maximum atomic E-state index is 11.9. The van der Waals surface area contributed by atoms with Crippen LogP contribution in [0.5, 0.6) is 5.75 Å². The lowest BCUT2D eigenvalue weighted by molar-refractivity contribution is -0.130. The Kier molecular flexibility index (Phi) is 6.36. The number of rotatable bonds is 7. The molecule has 4 nitrogen and oxygen atoms in total. The van der Waals surface area contributed by atoms with E-state index >= 15 is 0 Å². The number of phenols is 1. The fraction of sp³-hybridized carbons (Fsp3) is 0.533. The first-order valence-corrected chi connectivity index (χ1v) is 6.92. The van der Waals surface area contributed by atoms with Gasteiger partial charge in [-0.05, 0) is 38.0 Å². The number of likely N-dealkylation sites (N-methyl/N-ethyl adjacent to an activating group) is 1. The van der Waals surface area contributed by atoms with Crippen LogP contribution in [0.3, 0.4) is 0 Å². The maximum Gasteiger partial charge on any atom is 0.236 e. The van der Waals surface area contributed by atoms with Crippen LogP contribution < -0.4 is 5.32 Å². The lowest BCUT2D eigenvalue weighted by Crippen LogP contribution is -2.39. The van der Waals surface area contributed by atoms with Crippen LogP contribution in [0, 0.1) is 0 Å². The molecule has 0 aromatic heterocycles. The summed E-state index contributed by atoms with van der Waals surface area (Å²) in [6, 6.07) is 7.26. The quantitative estimate of drug-likeness (QED) is 0.794. The Morgan fingerprint density at radius 1 is 1.21 bits per heavy atom. The van der Waals surface area contributed by atoms with E-state index in [2.05, 4.69) is 12.2 Å². The average molecular weight is 264 g/mol. The molecule has 1 aromatic rings. The van der Waals surface area contributed by atoms with Crippen LogP contribution >= 0.6 is 0 Å². The fourth-order valence-corrected chi connectivity index (χ4v) is 2.10. The van der Waals surface area contributed by atoms with Gasteiger partial charge in [0.2, 0.25) is 5.91 Å². The molecule has 4 heteroatoms. The van der Waals surface area contributed by atoms with Gasteiger partial charge in [-0.2, -0.15) is 0 Å². The topological polar surface area (TPSA) is 52.6 Å². The minimum Gasteiger partial charge on any atom is -0.508 e. The molecule has 0 fully saturated rings. The number of carbonyl (C=O) groups excluding carboxylic acids is 1. The van der Waals surface area contributed by atoms with Gasteiger partial charge in [0.05, 0.1) is 6.54 Å². The first kappa shape index (κ1) is 15.5. The molecule has 0 saturated heterocycles. The van der Waals surface area contributed by atoms with E-state index in [0.717, 1.165) is 25.1 Å². The van der Waals surface area contributed by atoms with Gasteiger partial charge in [-0.25, -0.2) is 0 Å². The molecular weight excluding hydrogens is 240 g/mol. The van der Waals surface area contributed by atoms with Gasteiger partial charge in [0.15, 0.2) is 0 Å². The first-order chi connectivity index (χ1) is 9.12. The van der Waals surface area contributed by atoms with Gasteiger partial charge in [0, 0.05) is 19.1 Å². The van der Waals surface area contributed by atoms with Crippen LogP contribution in [0.25, 0.3) is 0 Å². The van der Waals surface area contributed by atoms with Gasteiger partial charge in [-0.3, -0.25) is 4.79 Å². The van der Waals surface area contributed by atoms with Gasteiger partial charge in [0.1, 0.15) is 5.75 Å². The molecule has 1 unspecified atom stereocenters. The van der Waals surface area contributed by atoms with Gasteiger partial charge >= 0.3 is 0 Å². The molecule has 2 N–H and O–H groups in total. The van der Waals surface area contributed by atoms with Crippen LogP contribution in [-0.2, 0) is 4.79 Å². The highest BCUT2D eigenvalue weighted by atomic mass is 16.3. The molecule has 0 radical (unpaired) electrons. The monoisotopic (exact) mass is 264 g/mol. The molecular formula is C15H24N2O2. The standard InChI is InChI=1S/C15H24N2O2/c1-4-14(12-7-9-13(18)10-8-12)16-11-15(19)17(5-2)6-3/h7-10,14,16,18H,4-6,11H2,1-3H3. The Morgan fingerprint density at radius 2 is 1.79 bits per heavy atom. The lowest BCUT2D eigenvalue weighted by atomic mass is 10.0. The zero-order valence-corrected chi connectivity index (χ0v) is 12.0. The smallest absolute Gasteiger partial charge is 0.236 e. The van der Waals surface area contributed by atoms with Crippen molar-refractivity contribution in [2.75, 3.05) is 19.6 Å². The maximum absolute atomic E-state index is 11.9. The van der Waals surface area contributed by atoms with Gasteiger partial charge in [0.25, 0.3) is 0 Å². The summed E-state index contributed by atoms with van der Waals surface area (Å²) < 4.78 is 0. The SMILES string of the molecule is CCC(NCC(=O)N(CC)CC)c1ccc(O)cc1. The van der Waals surface area contributed by atoms with Crippen molar-refractivity contribution < 1.29 is 9.90 Å². The third kappa shape index (κ3) is 4.56. The third-order valence-electron chi connectivity index (χ3n) is 3.32. The van der Waals surface area contributed by atoms with Gasteiger partial charge < -0.3 is 15.3 Å². The Hall–Kier alpha value is -1.55. The second kappa shape index (κ2) is 7.79. The summed E-state index contributed by atoms with van der Waals surface area (Å²) in [6.07, 6.45) is 0.899. The van der Waals surface area contributed by atoms with E-state index in [1.54, 1.807) is 12.1 Å². The van der Waals surface area contributed by atoms with E-state index in [1.807, 2.05) is 30.9 Å². The van der Waals surface area contributed by atoms with Gasteiger partial charge in [-0.15, -0.1) is 0 Å². The highest BCUT2D eigenvalue weighted by Gasteiger charge is 2.13. The molecule has 1 amide bonds. The number of nitrogens with zero attached hydrogens (tertiary/aromatic N) is 1. The molecule has 0 aliphatic heterocycles. The van der Waals surface area contributed by atoms with Crippen LogP contribution in [0.15, 0.2) is 24.3 Å². The van der Waals surface area contributed by atoms with Crippen molar-refractivity contribution in [1.29, 1.82) is 0 Å². The van der Waals surface area contributed by atoms with E-state index in [-0.39, 0.29) is 17.7 Å². The molecule has 1 aromatic carbocycles. The number of phenolic OH excluding ortho intramolecular Hbond substituents is 1. The summed E-state index contributed by atoms with van der Waals surface area (Å²) in [5.74, 6) is 0.389. The van der Waals surface area contributed by atoms with E-state index in [4.69, 9.17) is 0 Å². The molecule has 0 saturated carbocycles. The van der Waals surface area contributed by atoms with Gasteiger partial charge in [-0.1, -0.05) is 19.1 Å². The van der Waals surface area contributed by atoms with Crippen molar-refractivity contribution in [2.45, 2.75) is 33.2 Å². The summed E-state index contributed by atoms with van der Waals surface area (Å²) in [6.45, 7) is 7.88. The van der Waals surface area contributed by atoms with Crippen molar-refractivity contribution in [3.8, 4) is 5.75 Å². The molecule has 0 bridgehead atoms. The number of amides is 1. The van der Waals surface area contributed by atoms with E-state index in [9.17, 15) is 9.90 Å². The van der Waals surface area contributed by atoms with Crippen LogP contribution in [0.4, 0.5) is 0 Å². The largest absolute Gasteiger partial charge is 0.508 e. The lowest BCUT2D eigenvalue weighted by Gasteiger charge is -2.22. The summed E-state index contributed by atoms with van der Waals surface area (Å²) in [5.41, 5.74) is 1.09. The predicted octanol–water partition coefficient (Wildman–Crippen LogP) is 2.30. The zero-order valence-electron chi connectivity index (χ0n) is 12.0. The Labute approximate surface area is 115 Å². The summed E-state index contributed by atoms with van der Waals surface area (Å²) in [4.78, 5) is 13.8. The van der Waals surface area contributed by atoms with Crippen molar-refractivity contribution >= 4 is 5.91 Å². The number of carbonyl (C=O) groups is 1. The molecule has 0 aliphatic rings. The Morgan fingerprint density at radius 3 is 2.26 bits per heavy atom. The first-order valence-electron chi connectivity index (χ1n) is 6.92. The van der Waals surface area contributed by atoms with Crippen molar-refractivity contribution in [3.63, 3.8) is 0 Å².